The summed E-state index contributed by atoms with van der Waals surface area (Å²) in [6, 6.07) is 8.72. The summed E-state index contributed by atoms with van der Waals surface area (Å²) >= 11 is 3.55. The van der Waals surface area contributed by atoms with Gasteiger partial charge >= 0.3 is 6.18 Å². The van der Waals surface area contributed by atoms with Gasteiger partial charge in [-0.15, -0.1) is 11.3 Å². The minimum Gasteiger partial charge on any atom is -0.484 e. The smallest absolute Gasteiger partial charge is 0.416 e. The van der Waals surface area contributed by atoms with Crippen LogP contribution in [0, 0.1) is 0 Å². The Bertz CT molecular complexity index is 734. The number of thioether (sulfide) groups is 1. The van der Waals surface area contributed by atoms with Gasteiger partial charge in [0.1, 0.15) is 5.75 Å². The third-order valence-electron chi connectivity index (χ3n) is 4.08. The summed E-state index contributed by atoms with van der Waals surface area (Å²) in [5.74, 6) is 0.682. The second-order valence-corrected chi connectivity index (χ2v) is 8.15. The Kier molecular flexibility index (Phi) is 6.13. The molecule has 1 atom stereocenters. The number of hydrogen-bond donors (Lipinski definition) is 0. The summed E-state index contributed by atoms with van der Waals surface area (Å²) < 4.78 is 43.5. The predicted molar refractivity (Wildman–Crippen MR) is 97.7 cm³/mol. The molecule has 0 spiro atoms. The molecule has 0 aliphatic carbocycles. The van der Waals surface area contributed by atoms with Crippen LogP contribution in [-0.2, 0) is 11.0 Å². The van der Waals surface area contributed by atoms with Crippen molar-refractivity contribution in [3.8, 4) is 5.75 Å². The van der Waals surface area contributed by atoms with E-state index in [2.05, 4.69) is 6.07 Å². The number of hydrogen-bond acceptors (Lipinski definition) is 4. The number of benzene rings is 1. The van der Waals surface area contributed by atoms with Crippen molar-refractivity contribution in [2.75, 3.05) is 25.4 Å². The molecule has 0 radical (unpaired) electrons. The molecule has 26 heavy (non-hydrogen) atoms. The number of alkyl halides is 3. The third-order valence-corrected chi connectivity index (χ3v) is 6.52. The van der Waals surface area contributed by atoms with E-state index in [9.17, 15) is 18.0 Å². The molecule has 2 aromatic rings. The van der Waals surface area contributed by atoms with Crippen LogP contribution in [0.25, 0.3) is 0 Å². The van der Waals surface area contributed by atoms with E-state index in [-0.39, 0.29) is 18.3 Å². The van der Waals surface area contributed by atoms with E-state index < -0.39 is 11.7 Å². The summed E-state index contributed by atoms with van der Waals surface area (Å²) in [5, 5.41) is 2.43. The number of amides is 1. The zero-order valence-corrected chi connectivity index (χ0v) is 15.5. The first-order valence-electron chi connectivity index (χ1n) is 8.16. The van der Waals surface area contributed by atoms with Crippen molar-refractivity contribution >= 4 is 29.0 Å². The summed E-state index contributed by atoms with van der Waals surface area (Å²) in [6.07, 6.45) is -3.57. The Balaban J connectivity index is 1.54. The third kappa shape index (κ3) is 4.94. The van der Waals surface area contributed by atoms with E-state index in [1.54, 1.807) is 16.2 Å². The zero-order chi connectivity index (χ0) is 18.6. The van der Waals surface area contributed by atoms with Crippen LogP contribution in [0.2, 0.25) is 0 Å². The van der Waals surface area contributed by atoms with E-state index in [1.165, 1.54) is 17.0 Å². The van der Waals surface area contributed by atoms with E-state index in [1.807, 2.05) is 23.2 Å². The fourth-order valence-electron chi connectivity index (χ4n) is 2.72. The Morgan fingerprint density at radius 3 is 2.81 bits per heavy atom. The van der Waals surface area contributed by atoms with E-state index in [0.717, 1.165) is 24.3 Å². The molecule has 1 saturated heterocycles. The lowest BCUT2D eigenvalue weighted by Gasteiger charge is -2.20. The minimum absolute atomic E-state index is 0.0498. The van der Waals surface area contributed by atoms with Crippen LogP contribution in [0.4, 0.5) is 13.2 Å². The average molecular weight is 401 g/mol. The van der Waals surface area contributed by atoms with Crippen molar-refractivity contribution in [1.82, 2.24) is 4.90 Å². The number of thiophene rings is 1. The second kappa shape index (κ2) is 8.35. The van der Waals surface area contributed by atoms with Gasteiger partial charge in [-0.3, -0.25) is 4.79 Å². The standard InChI is InChI=1S/C18H18F3NO2S2/c19-18(20,21)13-3-1-4-14(11-13)24-12-17(23)22-7-6-16(26-10-8-22)15-5-2-9-25-15/h1-5,9,11,16H,6-8,10,12H2/t16-/m1/s1. The van der Waals surface area contributed by atoms with E-state index in [4.69, 9.17) is 4.74 Å². The monoisotopic (exact) mass is 401 g/mol. The van der Waals surface area contributed by atoms with Gasteiger partial charge in [0.05, 0.1) is 5.56 Å². The highest BCUT2D eigenvalue weighted by molar-refractivity contribution is 7.99. The molecule has 3 nitrogen and oxygen atoms in total. The summed E-state index contributed by atoms with van der Waals surface area (Å²) in [5.41, 5.74) is -0.785. The van der Waals surface area contributed by atoms with Crippen LogP contribution in [-0.4, -0.2) is 36.3 Å². The highest BCUT2D eigenvalue weighted by Crippen LogP contribution is 2.36. The van der Waals surface area contributed by atoms with Gasteiger partial charge in [0.2, 0.25) is 0 Å². The van der Waals surface area contributed by atoms with Gasteiger partial charge in [0, 0.05) is 29.0 Å². The number of halogens is 3. The summed E-state index contributed by atoms with van der Waals surface area (Å²) in [4.78, 5) is 15.4. The van der Waals surface area contributed by atoms with Crippen LogP contribution >= 0.6 is 23.1 Å². The molecule has 0 unspecified atom stereocenters. The SMILES string of the molecule is O=C(COc1cccc(C(F)(F)F)c1)N1CCS[C@@H](c2cccs2)CC1. The molecule has 0 saturated carbocycles. The van der Waals surface area contributed by atoms with Crippen LogP contribution in [0.1, 0.15) is 22.1 Å². The van der Waals surface area contributed by atoms with E-state index >= 15 is 0 Å². The molecule has 3 rings (SSSR count). The lowest BCUT2D eigenvalue weighted by atomic mass is 10.2. The molecule has 1 amide bonds. The normalized spacial score (nSPS) is 18.4. The van der Waals surface area contributed by atoms with Crippen LogP contribution in [0.5, 0.6) is 5.75 Å². The molecule has 1 aliphatic heterocycles. The molecule has 1 aromatic carbocycles. The molecule has 1 aliphatic rings. The van der Waals surface area contributed by atoms with Crippen LogP contribution in [0.15, 0.2) is 41.8 Å². The number of nitrogens with zero attached hydrogens (tertiary/aromatic N) is 1. The molecular weight excluding hydrogens is 383 g/mol. The van der Waals surface area contributed by atoms with E-state index in [0.29, 0.717) is 18.3 Å². The first-order chi connectivity index (χ1) is 12.4. The first kappa shape index (κ1) is 19.1. The lowest BCUT2D eigenvalue weighted by Crippen LogP contribution is -2.36. The van der Waals surface area contributed by atoms with Crippen LogP contribution < -0.4 is 4.74 Å². The van der Waals surface area contributed by atoms with Crippen LogP contribution in [0.3, 0.4) is 0 Å². The number of carbonyl (C=O) groups excluding carboxylic acids is 1. The number of ether oxygens (including phenoxy) is 1. The Morgan fingerprint density at radius 2 is 2.08 bits per heavy atom. The molecule has 0 N–H and O–H groups in total. The summed E-state index contributed by atoms with van der Waals surface area (Å²) in [7, 11) is 0. The molecule has 8 heteroatoms. The van der Waals surface area contributed by atoms with Crippen molar-refractivity contribution in [3.63, 3.8) is 0 Å². The second-order valence-electron chi connectivity index (χ2n) is 5.86. The maximum atomic E-state index is 12.7. The highest BCUT2D eigenvalue weighted by atomic mass is 32.2. The first-order valence-corrected chi connectivity index (χ1v) is 10.1. The van der Waals surface area contributed by atoms with Gasteiger partial charge in [0.25, 0.3) is 5.91 Å². The van der Waals surface area contributed by atoms with Gasteiger partial charge in [-0.05, 0) is 36.1 Å². The number of rotatable bonds is 4. The maximum absolute atomic E-state index is 12.7. The number of carbonyl (C=O) groups is 1. The van der Waals surface area contributed by atoms with Gasteiger partial charge in [-0.25, -0.2) is 0 Å². The molecule has 2 heterocycles. The Hall–Kier alpha value is -1.67. The quantitative estimate of drug-likeness (QED) is 0.733. The zero-order valence-electron chi connectivity index (χ0n) is 13.9. The fourth-order valence-corrected chi connectivity index (χ4v) is 4.96. The van der Waals surface area contributed by atoms with Gasteiger partial charge in [0.15, 0.2) is 6.61 Å². The summed E-state index contributed by atoms with van der Waals surface area (Å²) in [6.45, 7) is 0.993. The average Bonchev–Trinajstić information content (AvgIpc) is 3.04. The van der Waals surface area contributed by atoms with Crippen molar-refractivity contribution in [3.05, 3.63) is 52.2 Å². The predicted octanol–water partition coefficient (Wildman–Crippen LogP) is 4.85. The highest BCUT2D eigenvalue weighted by Gasteiger charge is 2.30. The Labute approximate surface area is 158 Å². The topological polar surface area (TPSA) is 29.5 Å². The van der Waals surface area contributed by atoms with Gasteiger partial charge < -0.3 is 9.64 Å². The molecule has 0 bridgehead atoms. The van der Waals surface area contributed by atoms with Crippen molar-refractivity contribution in [2.24, 2.45) is 0 Å². The van der Waals surface area contributed by atoms with Crippen molar-refractivity contribution < 1.29 is 22.7 Å². The molecule has 1 fully saturated rings. The van der Waals surface area contributed by atoms with Gasteiger partial charge in [-0.2, -0.15) is 24.9 Å². The van der Waals surface area contributed by atoms with Gasteiger partial charge in [-0.1, -0.05) is 12.1 Å². The maximum Gasteiger partial charge on any atom is 0.416 e. The van der Waals surface area contributed by atoms with Crippen molar-refractivity contribution in [2.45, 2.75) is 17.8 Å². The molecular formula is C18H18F3NO2S2. The fraction of sp³-hybridized carbons (Fsp3) is 0.389. The Morgan fingerprint density at radius 1 is 1.23 bits per heavy atom. The lowest BCUT2D eigenvalue weighted by molar-refractivity contribution is -0.137. The minimum atomic E-state index is -4.43. The molecule has 1 aromatic heterocycles. The molecule has 140 valence electrons. The largest absolute Gasteiger partial charge is 0.484 e. The van der Waals surface area contributed by atoms with Crippen molar-refractivity contribution in [1.29, 1.82) is 0 Å².